The van der Waals surface area contributed by atoms with Crippen LogP contribution in [-0.4, -0.2) is 25.0 Å². The highest BCUT2D eigenvalue weighted by Gasteiger charge is 2.17. The second-order valence-corrected chi connectivity index (χ2v) is 4.28. The summed E-state index contributed by atoms with van der Waals surface area (Å²) in [7, 11) is 1.72. The molecule has 0 spiro atoms. The molecule has 1 aromatic heterocycles. The van der Waals surface area contributed by atoms with Gasteiger partial charge < -0.3 is 25.0 Å². The fourth-order valence-corrected chi connectivity index (χ4v) is 2.37. The van der Waals surface area contributed by atoms with E-state index < -0.39 is 0 Å². The van der Waals surface area contributed by atoms with Crippen LogP contribution in [0.1, 0.15) is 0 Å². The van der Waals surface area contributed by atoms with Crippen LogP contribution in [0.25, 0.3) is 21.8 Å². The Kier molecular flexibility index (Phi) is 1.90. The van der Waals surface area contributed by atoms with Gasteiger partial charge in [-0.05, 0) is 0 Å². The van der Waals surface area contributed by atoms with E-state index >= 15 is 0 Å². The lowest BCUT2D eigenvalue weighted by atomic mass is 10.1. The Hall–Kier alpha value is -2.56. The predicted octanol–water partition coefficient (Wildman–Crippen LogP) is 2.15. The zero-order valence-electron chi connectivity index (χ0n) is 9.55. The van der Waals surface area contributed by atoms with E-state index in [0.717, 1.165) is 0 Å². The first-order valence-electron chi connectivity index (χ1n) is 5.35. The minimum absolute atomic E-state index is 0.0605. The number of aryl methyl sites for hydroxylation is 1. The number of nitrogens with zero attached hydrogens (tertiary/aromatic N) is 1. The van der Waals surface area contributed by atoms with Crippen LogP contribution >= 0.6 is 0 Å². The second-order valence-electron chi connectivity index (χ2n) is 4.28. The van der Waals surface area contributed by atoms with Crippen molar-refractivity contribution in [3.8, 4) is 23.0 Å². The first-order valence-corrected chi connectivity index (χ1v) is 5.35. The third-order valence-corrected chi connectivity index (χ3v) is 3.14. The average Bonchev–Trinajstić information content (AvgIpc) is 2.54. The predicted molar refractivity (Wildman–Crippen MR) is 67.1 cm³/mol. The molecule has 0 aliphatic carbocycles. The van der Waals surface area contributed by atoms with E-state index in [1.54, 1.807) is 11.6 Å². The number of phenolic OH excluding ortho intramolecular Hbond substituents is 4. The normalized spacial score (nSPS) is 11.4. The molecule has 1 heterocycles. The molecule has 0 fully saturated rings. The Labute approximate surface area is 102 Å². The van der Waals surface area contributed by atoms with E-state index in [4.69, 9.17) is 0 Å². The lowest BCUT2D eigenvalue weighted by Crippen LogP contribution is -1.86. The minimum atomic E-state index is -0.114. The van der Waals surface area contributed by atoms with Crippen LogP contribution in [0.2, 0.25) is 0 Å². The van der Waals surface area contributed by atoms with E-state index in [9.17, 15) is 20.4 Å². The third-order valence-electron chi connectivity index (χ3n) is 3.14. The number of hydrogen-bond acceptors (Lipinski definition) is 4. The monoisotopic (exact) mass is 245 g/mol. The van der Waals surface area contributed by atoms with Crippen LogP contribution in [0.3, 0.4) is 0 Å². The maximum Gasteiger partial charge on any atom is 0.129 e. The van der Waals surface area contributed by atoms with Gasteiger partial charge in [-0.25, -0.2) is 0 Å². The second kappa shape index (κ2) is 3.22. The molecule has 0 aliphatic heterocycles. The summed E-state index contributed by atoms with van der Waals surface area (Å²) in [5, 5.41) is 39.7. The van der Waals surface area contributed by atoms with Crippen LogP contribution in [0.5, 0.6) is 23.0 Å². The number of fused-ring (bicyclic) bond motifs is 3. The molecule has 0 unspecified atom stereocenters. The smallest absolute Gasteiger partial charge is 0.129 e. The lowest BCUT2D eigenvalue weighted by molar-refractivity contribution is 0.452. The first-order chi connectivity index (χ1) is 8.49. The molecule has 0 amide bonds. The number of aromatic nitrogens is 1. The van der Waals surface area contributed by atoms with Crippen molar-refractivity contribution in [1.82, 2.24) is 4.57 Å². The zero-order chi connectivity index (χ0) is 13.0. The Morgan fingerprint density at radius 3 is 1.50 bits per heavy atom. The van der Waals surface area contributed by atoms with Gasteiger partial charge in [-0.3, -0.25) is 0 Å². The molecule has 3 rings (SSSR count). The van der Waals surface area contributed by atoms with Crippen LogP contribution in [0, 0.1) is 0 Å². The van der Waals surface area contributed by atoms with E-state index in [-0.39, 0.29) is 23.0 Å². The molecule has 0 radical (unpaired) electrons. The minimum Gasteiger partial charge on any atom is -0.508 e. The standard InChI is InChI=1S/C13H11NO4/c1-14-8-2-6(15)4-10(17)12(8)13-9(14)3-7(16)5-11(13)18/h2-5,15-18H,1H3. The average molecular weight is 245 g/mol. The lowest BCUT2D eigenvalue weighted by Gasteiger charge is -2.00. The molecule has 2 aromatic carbocycles. The molecular weight excluding hydrogens is 234 g/mol. The maximum absolute atomic E-state index is 9.91. The van der Waals surface area contributed by atoms with Gasteiger partial charge in [0.2, 0.25) is 0 Å². The summed E-state index contributed by atoms with van der Waals surface area (Å²) in [4.78, 5) is 0. The summed E-state index contributed by atoms with van der Waals surface area (Å²) in [6, 6.07) is 5.42. The van der Waals surface area contributed by atoms with Crippen molar-refractivity contribution in [1.29, 1.82) is 0 Å². The van der Waals surface area contributed by atoms with Crippen molar-refractivity contribution >= 4 is 21.8 Å². The van der Waals surface area contributed by atoms with Gasteiger partial charge >= 0.3 is 0 Å². The highest BCUT2D eigenvalue weighted by molar-refractivity contribution is 6.14. The van der Waals surface area contributed by atoms with Gasteiger partial charge in [0.05, 0.1) is 21.8 Å². The Balaban J connectivity index is 2.68. The van der Waals surface area contributed by atoms with E-state index in [2.05, 4.69) is 0 Å². The molecule has 0 aliphatic rings. The van der Waals surface area contributed by atoms with E-state index in [0.29, 0.717) is 21.8 Å². The molecule has 0 atom stereocenters. The number of benzene rings is 2. The van der Waals surface area contributed by atoms with Gasteiger partial charge in [0.1, 0.15) is 23.0 Å². The first kappa shape index (κ1) is 10.6. The third kappa shape index (κ3) is 1.21. The highest BCUT2D eigenvalue weighted by Crippen LogP contribution is 2.42. The molecule has 3 aromatic rings. The van der Waals surface area contributed by atoms with Gasteiger partial charge in [-0.15, -0.1) is 0 Å². The van der Waals surface area contributed by atoms with Crippen LogP contribution in [0.15, 0.2) is 24.3 Å². The number of hydrogen-bond donors (Lipinski definition) is 4. The summed E-state index contributed by atoms with van der Waals surface area (Å²) in [5.41, 5.74) is 1.15. The van der Waals surface area contributed by atoms with Crippen molar-refractivity contribution < 1.29 is 20.4 Å². The van der Waals surface area contributed by atoms with Crippen LogP contribution in [-0.2, 0) is 7.05 Å². The van der Waals surface area contributed by atoms with Crippen molar-refractivity contribution in [2.24, 2.45) is 7.05 Å². The fourth-order valence-electron chi connectivity index (χ4n) is 2.37. The SMILES string of the molecule is Cn1c2cc(O)cc(O)c2c2c(O)cc(O)cc21. The van der Waals surface area contributed by atoms with Crippen molar-refractivity contribution in [3.05, 3.63) is 24.3 Å². The van der Waals surface area contributed by atoms with Gasteiger partial charge in [-0.1, -0.05) is 0 Å². The molecule has 18 heavy (non-hydrogen) atoms. The molecule has 4 N–H and O–H groups in total. The Morgan fingerprint density at radius 1 is 0.722 bits per heavy atom. The molecule has 0 saturated heterocycles. The molecular formula is C13H11NO4. The van der Waals surface area contributed by atoms with Gasteiger partial charge in [0.15, 0.2) is 0 Å². The summed E-state index contributed by atoms with van der Waals surface area (Å²) in [5.74, 6) is -0.350. The highest BCUT2D eigenvalue weighted by atomic mass is 16.3. The van der Waals surface area contributed by atoms with Gasteiger partial charge in [0.25, 0.3) is 0 Å². The van der Waals surface area contributed by atoms with Crippen LogP contribution < -0.4 is 0 Å². The quantitative estimate of drug-likeness (QED) is 0.489. The van der Waals surface area contributed by atoms with Gasteiger partial charge in [0, 0.05) is 31.3 Å². The topological polar surface area (TPSA) is 85.9 Å². The van der Waals surface area contributed by atoms with Crippen LogP contribution in [0.4, 0.5) is 0 Å². The van der Waals surface area contributed by atoms with Crippen molar-refractivity contribution in [3.63, 3.8) is 0 Å². The van der Waals surface area contributed by atoms with Crippen molar-refractivity contribution in [2.75, 3.05) is 0 Å². The number of aromatic hydroxyl groups is 4. The van der Waals surface area contributed by atoms with Gasteiger partial charge in [-0.2, -0.15) is 0 Å². The summed E-state index contributed by atoms with van der Waals surface area (Å²) < 4.78 is 1.68. The summed E-state index contributed by atoms with van der Waals surface area (Å²) >= 11 is 0. The summed E-state index contributed by atoms with van der Waals surface area (Å²) in [6.07, 6.45) is 0. The van der Waals surface area contributed by atoms with Crippen molar-refractivity contribution in [2.45, 2.75) is 0 Å². The van der Waals surface area contributed by atoms with E-state index in [1.807, 2.05) is 0 Å². The molecule has 5 heteroatoms. The van der Waals surface area contributed by atoms with E-state index in [1.165, 1.54) is 24.3 Å². The molecule has 5 nitrogen and oxygen atoms in total. The maximum atomic E-state index is 9.91. The number of phenols is 4. The summed E-state index contributed by atoms with van der Waals surface area (Å²) in [6.45, 7) is 0. The molecule has 92 valence electrons. The Morgan fingerprint density at radius 2 is 1.11 bits per heavy atom. The molecule has 0 saturated carbocycles. The fraction of sp³-hybridized carbons (Fsp3) is 0.0769. The Bertz CT molecular complexity index is 724. The molecule has 0 bridgehead atoms. The number of rotatable bonds is 0. The largest absolute Gasteiger partial charge is 0.508 e. The zero-order valence-corrected chi connectivity index (χ0v) is 9.55.